The first-order valence-corrected chi connectivity index (χ1v) is 8.00. The Bertz CT molecular complexity index is 548. The average Bonchev–Trinajstić information content (AvgIpc) is 2.45. The van der Waals surface area contributed by atoms with E-state index in [-0.39, 0.29) is 6.04 Å². The van der Waals surface area contributed by atoms with Gasteiger partial charge in [-0.15, -0.1) is 0 Å². The second-order valence-corrected chi connectivity index (χ2v) is 6.33. The molecule has 0 saturated carbocycles. The smallest absolute Gasteiger partial charge is 0.345 e. The second kappa shape index (κ2) is 7.00. The van der Waals surface area contributed by atoms with Crippen molar-refractivity contribution in [1.82, 2.24) is 10.6 Å². The fourth-order valence-electron chi connectivity index (χ4n) is 2.71. The highest BCUT2D eigenvalue weighted by molar-refractivity contribution is 9.10. The van der Waals surface area contributed by atoms with Crippen LogP contribution in [0.25, 0.3) is 0 Å². The van der Waals surface area contributed by atoms with E-state index in [1.807, 2.05) is 18.2 Å². The number of benzene rings is 1. The van der Waals surface area contributed by atoms with E-state index in [0.717, 1.165) is 23.0 Å². The highest BCUT2D eigenvalue weighted by Crippen LogP contribution is 2.29. The van der Waals surface area contributed by atoms with E-state index in [1.54, 1.807) is 6.92 Å². The summed E-state index contributed by atoms with van der Waals surface area (Å²) in [5.74, 6) is -1.87. The number of fused-ring (bicyclic) bond motifs is 1. The van der Waals surface area contributed by atoms with Crippen LogP contribution in [0.3, 0.4) is 0 Å². The average molecular weight is 379 g/mol. The number of hydrogen-bond donors (Lipinski definition) is 2. The van der Waals surface area contributed by atoms with E-state index in [9.17, 15) is 18.0 Å². The van der Waals surface area contributed by atoms with Crippen molar-refractivity contribution in [2.24, 2.45) is 0 Å². The number of nitrogens with one attached hydrogen (secondary N) is 2. The topological polar surface area (TPSA) is 41.1 Å². The number of alkyl halides is 3. The van der Waals surface area contributed by atoms with Crippen molar-refractivity contribution >= 4 is 21.8 Å². The van der Waals surface area contributed by atoms with E-state index in [4.69, 9.17) is 0 Å². The number of hydrogen-bond acceptors (Lipinski definition) is 2. The molecule has 1 heterocycles. The van der Waals surface area contributed by atoms with Gasteiger partial charge in [0.15, 0.2) is 0 Å². The minimum Gasteiger partial charge on any atom is -0.345 e. The van der Waals surface area contributed by atoms with E-state index >= 15 is 0 Å². The monoisotopic (exact) mass is 378 g/mol. The van der Waals surface area contributed by atoms with Gasteiger partial charge in [0.1, 0.15) is 0 Å². The van der Waals surface area contributed by atoms with Crippen molar-refractivity contribution in [1.29, 1.82) is 0 Å². The predicted molar refractivity (Wildman–Crippen MR) is 81.5 cm³/mol. The molecule has 0 spiro atoms. The molecule has 0 aliphatic carbocycles. The van der Waals surface area contributed by atoms with Gasteiger partial charge in [-0.3, -0.25) is 4.79 Å². The number of rotatable bonds is 4. The third-order valence-electron chi connectivity index (χ3n) is 3.87. The molecular weight excluding hydrogens is 361 g/mol. The van der Waals surface area contributed by atoms with Crippen LogP contribution in [0.1, 0.15) is 36.9 Å². The van der Waals surface area contributed by atoms with Gasteiger partial charge in [-0.05, 0) is 49.1 Å². The summed E-state index contributed by atoms with van der Waals surface area (Å²) in [6, 6.07) is 5.39. The third-order valence-corrected chi connectivity index (χ3v) is 4.36. The minimum absolute atomic E-state index is 0.0460. The molecule has 0 aromatic heterocycles. The Hall–Kier alpha value is -1.08. The summed E-state index contributed by atoms with van der Waals surface area (Å²) in [7, 11) is 0. The Morgan fingerprint density at radius 3 is 2.86 bits per heavy atom. The van der Waals surface area contributed by atoms with Crippen LogP contribution >= 0.6 is 15.9 Å². The van der Waals surface area contributed by atoms with Crippen LogP contribution in [0.5, 0.6) is 0 Å². The second-order valence-electron chi connectivity index (χ2n) is 5.41. The molecule has 0 radical (unpaired) electrons. The number of amides is 1. The summed E-state index contributed by atoms with van der Waals surface area (Å²) >= 11 is 3.43. The van der Waals surface area contributed by atoms with Crippen molar-refractivity contribution in [2.75, 3.05) is 6.54 Å². The van der Waals surface area contributed by atoms with Gasteiger partial charge in [0.2, 0.25) is 0 Å². The Morgan fingerprint density at radius 2 is 2.23 bits per heavy atom. The molecular formula is C15H18BrF3N2O. The molecule has 0 bridgehead atoms. The minimum atomic E-state index is -4.84. The van der Waals surface area contributed by atoms with Crippen LogP contribution < -0.4 is 10.6 Å². The summed E-state index contributed by atoms with van der Waals surface area (Å²) in [6.07, 6.45) is -3.06. The number of carbonyl (C=O) groups is 1. The van der Waals surface area contributed by atoms with Crippen molar-refractivity contribution in [3.05, 3.63) is 33.8 Å². The van der Waals surface area contributed by atoms with Crippen molar-refractivity contribution in [2.45, 2.75) is 44.4 Å². The molecule has 1 aromatic rings. The zero-order chi connectivity index (χ0) is 16.3. The predicted octanol–water partition coefficient (Wildman–Crippen LogP) is 3.48. The van der Waals surface area contributed by atoms with Crippen LogP contribution in [0.2, 0.25) is 0 Å². The first-order valence-electron chi connectivity index (χ1n) is 7.20. The Kier molecular flexibility index (Phi) is 5.50. The molecule has 1 aliphatic heterocycles. The molecule has 0 saturated heterocycles. The van der Waals surface area contributed by atoms with Crippen LogP contribution in [0.4, 0.5) is 13.2 Å². The molecule has 22 heavy (non-hydrogen) atoms. The van der Waals surface area contributed by atoms with Gasteiger partial charge in [-0.2, -0.15) is 13.2 Å². The fraction of sp³-hybridized carbons (Fsp3) is 0.533. The molecule has 1 aliphatic rings. The maximum absolute atomic E-state index is 12.4. The van der Waals surface area contributed by atoms with E-state index in [2.05, 4.69) is 26.6 Å². The van der Waals surface area contributed by atoms with E-state index < -0.39 is 18.1 Å². The molecule has 3 nitrogen and oxygen atoms in total. The largest absolute Gasteiger partial charge is 0.471 e. The Labute approximate surface area is 135 Å². The molecule has 2 rings (SSSR count). The summed E-state index contributed by atoms with van der Waals surface area (Å²) < 4.78 is 38.1. The van der Waals surface area contributed by atoms with Crippen molar-refractivity contribution in [3.8, 4) is 0 Å². The van der Waals surface area contributed by atoms with E-state index in [0.29, 0.717) is 12.8 Å². The number of carbonyl (C=O) groups excluding carboxylic acids is 1. The lowest BCUT2D eigenvalue weighted by atomic mass is 9.90. The van der Waals surface area contributed by atoms with Crippen molar-refractivity contribution in [3.63, 3.8) is 0 Å². The zero-order valence-corrected chi connectivity index (χ0v) is 13.7. The van der Waals surface area contributed by atoms with Gasteiger partial charge in [-0.1, -0.05) is 28.9 Å². The third kappa shape index (κ3) is 4.23. The molecule has 1 aromatic carbocycles. The maximum Gasteiger partial charge on any atom is 0.471 e. The van der Waals surface area contributed by atoms with Crippen LogP contribution in [-0.4, -0.2) is 24.7 Å². The first kappa shape index (κ1) is 17.3. The van der Waals surface area contributed by atoms with Gasteiger partial charge < -0.3 is 10.6 Å². The highest BCUT2D eigenvalue weighted by Gasteiger charge is 2.39. The van der Waals surface area contributed by atoms with Gasteiger partial charge in [-0.25, -0.2) is 0 Å². The van der Waals surface area contributed by atoms with Crippen molar-refractivity contribution < 1.29 is 18.0 Å². The molecule has 7 heteroatoms. The van der Waals surface area contributed by atoms with Gasteiger partial charge >= 0.3 is 12.1 Å². The normalized spacial score (nSPS) is 19.4. The van der Waals surface area contributed by atoms with Gasteiger partial charge in [0.05, 0.1) is 0 Å². The van der Waals surface area contributed by atoms with Gasteiger partial charge in [0, 0.05) is 16.6 Å². The van der Waals surface area contributed by atoms with Crippen LogP contribution in [-0.2, 0) is 11.2 Å². The lowest BCUT2D eigenvalue weighted by molar-refractivity contribution is -0.174. The van der Waals surface area contributed by atoms with Crippen LogP contribution in [0.15, 0.2) is 22.7 Å². The molecule has 2 N–H and O–H groups in total. The zero-order valence-electron chi connectivity index (χ0n) is 12.1. The molecule has 2 atom stereocenters. The van der Waals surface area contributed by atoms with Crippen LogP contribution in [0, 0.1) is 0 Å². The Balaban J connectivity index is 2.08. The lowest BCUT2D eigenvalue weighted by Gasteiger charge is -2.30. The quantitative estimate of drug-likeness (QED) is 0.841. The lowest BCUT2D eigenvalue weighted by Crippen LogP contribution is -2.45. The highest BCUT2D eigenvalue weighted by atomic mass is 79.9. The summed E-state index contributed by atoms with van der Waals surface area (Å²) in [5, 5.41) is 5.41. The molecule has 2 unspecified atom stereocenters. The first-order chi connectivity index (χ1) is 10.3. The summed E-state index contributed by atoms with van der Waals surface area (Å²) in [4.78, 5) is 11.1. The fourth-order valence-corrected chi connectivity index (χ4v) is 3.12. The number of halogens is 4. The molecule has 1 amide bonds. The SMILES string of the molecule is CCC(CC1NCCc2cc(Br)ccc21)NC(=O)C(F)(F)F. The maximum atomic E-state index is 12.4. The molecule has 122 valence electrons. The molecule has 0 fully saturated rings. The Morgan fingerprint density at radius 1 is 1.50 bits per heavy atom. The van der Waals surface area contributed by atoms with E-state index in [1.165, 1.54) is 5.56 Å². The standard InChI is InChI=1S/C15H18BrF3N2O/c1-2-11(21-14(22)15(17,18)19)8-13-12-4-3-10(16)7-9(12)5-6-20-13/h3-4,7,11,13,20H,2,5-6,8H2,1H3,(H,21,22). The summed E-state index contributed by atoms with van der Waals surface area (Å²) in [6.45, 7) is 2.55. The van der Waals surface area contributed by atoms with Gasteiger partial charge in [0.25, 0.3) is 0 Å². The summed E-state index contributed by atoms with van der Waals surface area (Å²) in [5.41, 5.74) is 2.28.